The minimum Gasteiger partial charge on any atom is -0.370 e. The van der Waals surface area contributed by atoms with Crippen LogP contribution in [0.5, 0.6) is 0 Å². The molecule has 0 unspecified atom stereocenters. The van der Waals surface area contributed by atoms with E-state index in [1.165, 1.54) is 19.3 Å². The highest BCUT2D eigenvalue weighted by Gasteiger charge is 2.17. The lowest BCUT2D eigenvalue weighted by Gasteiger charge is -2.28. The normalized spacial score (nSPS) is 13.0. The molecule has 2 N–H and O–H groups in total. The monoisotopic (exact) mass is 695 g/mol. The number of nitrogens with one attached hydrogen (secondary N) is 2. The second kappa shape index (κ2) is 16.0. The van der Waals surface area contributed by atoms with Gasteiger partial charge in [0.15, 0.2) is 11.3 Å². The van der Waals surface area contributed by atoms with E-state index in [4.69, 9.17) is 0 Å². The summed E-state index contributed by atoms with van der Waals surface area (Å²) in [6.45, 7) is 13.0. The average Bonchev–Trinajstić information content (AvgIpc) is 3.16. The Hall–Kier alpha value is -5.84. The fourth-order valence-electron chi connectivity index (χ4n) is 6.03. The van der Waals surface area contributed by atoms with E-state index in [0.29, 0.717) is 46.9 Å². The van der Waals surface area contributed by atoms with Crippen molar-refractivity contribution in [3.8, 4) is 0 Å². The van der Waals surface area contributed by atoms with Crippen LogP contribution in [0.3, 0.4) is 0 Å². The molecule has 0 atom stereocenters. The van der Waals surface area contributed by atoms with Crippen molar-refractivity contribution in [1.29, 1.82) is 0 Å². The van der Waals surface area contributed by atoms with E-state index >= 15 is 0 Å². The van der Waals surface area contributed by atoms with Crippen LogP contribution < -0.4 is 15.5 Å². The number of hydrogen-bond donors (Lipinski definition) is 2. The van der Waals surface area contributed by atoms with Crippen molar-refractivity contribution < 1.29 is 9.59 Å². The largest absolute Gasteiger partial charge is 0.370 e. The van der Waals surface area contributed by atoms with Gasteiger partial charge in [0, 0.05) is 60.1 Å². The quantitative estimate of drug-likeness (QED) is 0.184. The molecule has 6 aromatic heterocycles. The molecule has 0 aliphatic carbocycles. The van der Waals surface area contributed by atoms with E-state index < -0.39 is 0 Å². The van der Waals surface area contributed by atoms with Crippen molar-refractivity contribution in [3.05, 3.63) is 125 Å². The number of rotatable bonds is 7. The Bertz CT molecular complexity index is 2170. The van der Waals surface area contributed by atoms with Crippen molar-refractivity contribution in [1.82, 2.24) is 40.5 Å². The van der Waals surface area contributed by atoms with Crippen LogP contribution in [0.1, 0.15) is 89.1 Å². The highest BCUT2D eigenvalue weighted by molar-refractivity contribution is 5.98. The predicted molar refractivity (Wildman–Crippen MR) is 204 cm³/mol. The van der Waals surface area contributed by atoms with Gasteiger partial charge in [-0.2, -0.15) is 0 Å². The zero-order valence-corrected chi connectivity index (χ0v) is 30.5. The summed E-state index contributed by atoms with van der Waals surface area (Å²) in [4.78, 5) is 53.7. The number of carbonyl (C=O) groups excluding carboxylic acids is 2. The lowest BCUT2D eigenvalue weighted by molar-refractivity contribution is 0.0941. The Balaban J connectivity index is 0.000000179. The van der Waals surface area contributed by atoms with Crippen LogP contribution in [0.4, 0.5) is 5.69 Å². The number of aromatic nitrogens is 6. The standard InChI is InChI=1S/C21H23N5O.C20H22N4O/c1-15-19(12-16-6-5-9-22-20(16)25-15)21(27)24-13-17-7-8-18(14-23-17)26-10-3-2-4-11-26;1-13-16(10-15-6-5-9-21-18(15)24-13)19(25)23-12-14-7-8-17(22-11-14)20(2,3)4/h5-9,12,14H,2-4,10-11,13H2,1H3,(H,24,27);5-11H,12H2,1-4H3,(H,23,25). The molecule has 1 fully saturated rings. The Morgan fingerprint density at radius 1 is 0.692 bits per heavy atom. The molecule has 11 nitrogen and oxygen atoms in total. The molecule has 266 valence electrons. The Labute approximate surface area is 304 Å². The van der Waals surface area contributed by atoms with Gasteiger partial charge >= 0.3 is 0 Å². The molecule has 2 amide bonds. The molecule has 11 heteroatoms. The van der Waals surface area contributed by atoms with Crippen LogP contribution in [0, 0.1) is 13.8 Å². The van der Waals surface area contributed by atoms with Gasteiger partial charge in [-0.25, -0.2) is 19.9 Å². The lowest BCUT2D eigenvalue weighted by atomic mass is 9.91. The van der Waals surface area contributed by atoms with Gasteiger partial charge in [0.05, 0.1) is 46.6 Å². The molecule has 1 saturated heterocycles. The van der Waals surface area contributed by atoms with E-state index in [0.717, 1.165) is 46.5 Å². The maximum atomic E-state index is 12.6. The van der Waals surface area contributed by atoms with Crippen molar-refractivity contribution in [2.24, 2.45) is 0 Å². The van der Waals surface area contributed by atoms with Crippen LogP contribution in [-0.2, 0) is 18.5 Å². The Kier molecular flexibility index (Phi) is 11.1. The fraction of sp³-hybridized carbons (Fsp3) is 0.317. The van der Waals surface area contributed by atoms with Gasteiger partial charge in [-0.1, -0.05) is 26.8 Å². The summed E-state index contributed by atoms with van der Waals surface area (Å²) in [5.41, 5.74) is 7.81. The summed E-state index contributed by atoms with van der Waals surface area (Å²) in [5, 5.41) is 7.60. The summed E-state index contributed by atoms with van der Waals surface area (Å²) in [6.07, 6.45) is 10.9. The highest BCUT2D eigenvalue weighted by Crippen LogP contribution is 2.21. The number of nitrogens with zero attached hydrogens (tertiary/aromatic N) is 7. The molecule has 1 aliphatic rings. The molecule has 0 saturated carbocycles. The second-order valence-electron chi connectivity index (χ2n) is 14.1. The number of amides is 2. The van der Waals surface area contributed by atoms with Gasteiger partial charge in [-0.05, 0) is 93.3 Å². The predicted octanol–water partition coefficient (Wildman–Crippen LogP) is 6.81. The first-order valence-electron chi connectivity index (χ1n) is 17.7. The molecule has 7 rings (SSSR count). The number of hydrogen-bond acceptors (Lipinski definition) is 9. The number of pyridine rings is 6. The third-order valence-corrected chi connectivity index (χ3v) is 9.06. The topological polar surface area (TPSA) is 139 Å². The first-order chi connectivity index (χ1) is 25.0. The molecular weight excluding hydrogens is 651 g/mol. The van der Waals surface area contributed by atoms with Crippen LogP contribution in [0.25, 0.3) is 22.1 Å². The molecule has 6 aromatic rings. The molecule has 7 heterocycles. The number of fused-ring (bicyclic) bond motifs is 2. The zero-order chi connectivity index (χ0) is 36.7. The van der Waals surface area contributed by atoms with Crippen LogP contribution in [-0.4, -0.2) is 54.8 Å². The number of carbonyl (C=O) groups is 2. The first-order valence-corrected chi connectivity index (χ1v) is 17.7. The summed E-state index contributed by atoms with van der Waals surface area (Å²) in [5.74, 6) is -0.289. The van der Waals surface area contributed by atoms with Gasteiger partial charge in [0.1, 0.15) is 0 Å². The minimum absolute atomic E-state index is 0.0175. The molecule has 0 aromatic carbocycles. The molecule has 0 bridgehead atoms. The maximum Gasteiger partial charge on any atom is 0.253 e. The van der Waals surface area contributed by atoms with Gasteiger partial charge < -0.3 is 15.5 Å². The number of anilines is 1. The molecule has 0 radical (unpaired) electrons. The molecule has 1 aliphatic heterocycles. The fourth-order valence-corrected chi connectivity index (χ4v) is 6.03. The Morgan fingerprint density at radius 2 is 1.29 bits per heavy atom. The van der Waals surface area contributed by atoms with Gasteiger partial charge in [-0.15, -0.1) is 0 Å². The lowest BCUT2D eigenvalue weighted by Crippen LogP contribution is -2.29. The van der Waals surface area contributed by atoms with Crippen molar-refractivity contribution in [3.63, 3.8) is 0 Å². The highest BCUT2D eigenvalue weighted by atomic mass is 16.2. The third kappa shape index (κ3) is 8.90. The number of piperidine rings is 1. The first kappa shape index (κ1) is 36.0. The molecule has 52 heavy (non-hydrogen) atoms. The molecule has 0 spiro atoms. The van der Waals surface area contributed by atoms with E-state index in [-0.39, 0.29) is 17.2 Å². The summed E-state index contributed by atoms with van der Waals surface area (Å²) >= 11 is 0. The van der Waals surface area contributed by atoms with E-state index in [1.807, 2.05) is 80.8 Å². The summed E-state index contributed by atoms with van der Waals surface area (Å²) in [6, 6.07) is 19.3. The Morgan fingerprint density at radius 3 is 1.81 bits per heavy atom. The number of aryl methyl sites for hydroxylation is 2. The maximum absolute atomic E-state index is 12.6. The van der Waals surface area contributed by atoms with Gasteiger partial charge in [-0.3, -0.25) is 19.6 Å². The van der Waals surface area contributed by atoms with Gasteiger partial charge in [0.25, 0.3) is 11.8 Å². The SMILES string of the molecule is Cc1nc2ncccc2cc1C(=O)NCc1ccc(C(C)(C)C)nc1.Cc1nc2ncccc2cc1C(=O)NCc1ccc(N2CCCCC2)cn1. The van der Waals surface area contributed by atoms with Crippen molar-refractivity contribution in [2.75, 3.05) is 18.0 Å². The third-order valence-electron chi connectivity index (χ3n) is 9.06. The summed E-state index contributed by atoms with van der Waals surface area (Å²) < 4.78 is 0. The zero-order valence-electron chi connectivity index (χ0n) is 30.5. The van der Waals surface area contributed by atoms with Crippen LogP contribution >= 0.6 is 0 Å². The summed E-state index contributed by atoms with van der Waals surface area (Å²) in [7, 11) is 0. The average molecular weight is 696 g/mol. The van der Waals surface area contributed by atoms with Crippen molar-refractivity contribution in [2.45, 2.75) is 72.4 Å². The van der Waals surface area contributed by atoms with E-state index in [1.54, 1.807) is 12.4 Å². The van der Waals surface area contributed by atoms with Gasteiger partial charge in [0.2, 0.25) is 0 Å². The second-order valence-corrected chi connectivity index (χ2v) is 14.1. The van der Waals surface area contributed by atoms with Crippen LogP contribution in [0.2, 0.25) is 0 Å². The minimum atomic E-state index is -0.146. The van der Waals surface area contributed by atoms with Crippen molar-refractivity contribution >= 4 is 39.6 Å². The smallest absolute Gasteiger partial charge is 0.253 e. The van der Waals surface area contributed by atoms with Crippen LogP contribution in [0.15, 0.2) is 85.5 Å². The van der Waals surface area contributed by atoms with E-state index in [2.05, 4.69) is 72.3 Å². The molecular formula is C41H45N9O2. The van der Waals surface area contributed by atoms with E-state index in [9.17, 15) is 9.59 Å².